The molecule has 0 spiro atoms. The normalized spacial score (nSPS) is 23.0. The number of likely N-dealkylation sites (tertiary alicyclic amines) is 1. The predicted molar refractivity (Wildman–Crippen MR) is 89.0 cm³/mol. The Morgan fingerprint density at radius 1 is 1.29 bits per heavy atom. The first-order valence-corrected chi connectivity index (χ1v) is 7.94. The van der Waals surface area contributed by atoms with Crippen LogP contribution in [0.5, 0.6) is 0 Å². The molecule has 1 aliphatic rings. The molecule has 0 aromatic heterocycles. The first kappa shape index (κ1) is 16.4. The molecule has 116 valence electrons. The Morgan fingerprint density at radius 2 is 1.81 bits per heavy atom. The quantitative estimate of drug-likeness (QED) is 0.829. The number of carbonyl (C=O) groups is 1. The Bertz CT molecular complexity index is 503. The summed E-state index contributed by atoms with van der Waals surface area (Å²) >= 11 is 12.2. The molecule has 4 nitrogen and oxygen atoms in total. The van der Waals surface area contributed by atoms with Crippen molar-refractivity contribution in [2.75, 3.05) is 17.6 Å². The van der Waals surface area contributed by atoms with Crippen LogP contribution in [-0.4, -0.2) is 29.4 Å². The van der Waals surface area contributed by atoms with Crippen molar-refractivity contribution in [1.29, 1.82) is 0 Å². The summed E-state index contributed by atoms with van der Waals surface area (Å²) in [6, 6.07) is 3.98. The maximum absolute atomic E-state index is 12.3. The number of nitrogen functional groups attached to an aromatic ring is 1. The van der Waals surface area contributed by atoms with Gasteiger partial charge in [0.15, 0.2) is 0 Å². The van der Waals surface area contributed by atoms with Gasteiger partial charge in [0.25, 0.3) is 0 Å². The van der Waals surface area contributed by atoms with E-state index in [2.05, 4.69) is 24.1 Å². The highest BCUT2D eigenvalue weighted by molar-refractivity contribution is 6.40. The minimum absolute atomic E-state index is 0.107. The Balaban J connectivity index is 2.05. The van der Waals surface area contributed by atoms with E-state index >= 15 is 0 Å². The fraction of sp³-hybridized carbons (Fsp3) is 0.533. The number of nitrogens with two attached hydrogens (primary N) is 1. The summed E-state index contributed by atoms with van der Waals surface area (Å²) in [5, 5.41) is 3.50. The second-order valence-electron chi connectivity index (χ2n) is 5.71. The average Bonchev–Trinajstić information content (AvgIpc) is 2.38. The molecule has 1 saturated heterocycles. The third-order valence-electron chi connectivity index (χ3n) is 4.03. The van der Waals surface area contributed by atoms with Crippen molar-refractivity contribution in [2.24, 2.45) is 0 Å². The lowest BCUT2D eigenvalue weighted by Crippen LogP contribution is -2.47. The van der Waals surface area contributed by atoms with Crippen molar-refractivity contribution in [3.8, 4) is 0 Å². The highest BCUT2D eigenvalue weighted by atomic mass is 35.5. The molecule has 0 bridgehead atoms. The van der Waals surface area contributed by atoms with Gasteiger partial charge in [-0.2, -0.15) is 0 Å². The lowest BCUT2D eigenvalue weighted by atomic mass is 9.97. The molecule has 21 heavy (non-hydrogen) atoms. The molecule has 0 unspecified atom stereocenters. The van der Waals surface area contributed by atoms with E-state index < -0.39 is 0 Å². The summed E-state index contributed by atoms with van der Waals surface area (Å²) in [5.41, 5.74) is 6.55. The first-order chi connectivity index (χ1) is 9.88. The summed E-state index contributed by atoms with van der Waals surface area (Å²) in [6.07, 6.45) is 3.47. The zero-order chi connectivity index (χ0) is 15.6. The maximum Gasteiger partial charge on any atom is 0.238 e. The van der Waals surface area contributed by atoms with Crippen molar-refractivity contribution < 1.29 is 4.79 Å². The second kappa shape index (κ2) is 6.86. The molecule has 2 atom stereocenters. The fourth-order valence-corrected chi connectivity index (χ4v) is 3.44. The highest BCUT2D eigenvalue weighted by Crippen LogP contribution is 2.33. The number of benzene rings is 1. The highest BCUT2D eigenvalue weighted by Gasteiger charge is 2.26. The monoisotopic (exact) mass is 329 g/mol. The summed E-state index contributed by atoms with van der Waals surface area (Å²) in [4.78, 5) is 14.5. The minimum Gasteiger partial charge on any atom is -0.399 e. The Hall–Kier alpha value is -0.970. The molecule has 0 radical (unpaired) electrons. The van der Waals surface area contributed by atoms with Crippen molar-refractivity contribution in [2.45, 2.75) is 45.2 Å². The lowest BCUT2D eigenvalue weighted by molar-refractivity contribution is -0.118. The minimum atomic E-state index is -0.107. The number of nitrogens with zero attached hydrogens (tertiary/aromatic N) is 1. The molecule has 0 saturated carbocycles. The van der Waals surface area contributed by atoms with Crippen LogP contribution in [0, 0.1) is 0 Å². The second-order valence-corrected chi connectivity index (χ2v) is 6.52. The van der Waals surface area contributed by atoms with Crippen LogP contribution in [0.25, 0.3) is 0 Å². The van der Waals surface area contributed by atoms with Crippen molar-refractivity contribution >= 4 is 40.5 Å². The number of hydrogen-bond donors (Lipinski definition) is 2. The Kier molecular flexibility index (Phi) is 5.36. The van der Waals surface area contributed by atoms with E-state index in [0.717, 1.165) is 12.8 Å². The van der Waals surface area contributed by atoms with E-state index in [1.807, 2.05) is 0 Å². The maximum atomic E-state index is 12.3. The van der Waals surface area contributed by atoms with Gasteiger partial charge in [0.1, 0.15) is 0 Å². The van der Waals surface area contributed by atoms with Gasteiger partial charge in [-0.3, -0.25) is 9.69 Å². The van der Waals surface area contributed by atoms with Gasteiger partial charge in [-0.1, -0.05) is 29.6 Å². The number of carbonyl (C=O) groups excluding carboxylic acids is 1. The zero-order valence-electron chi connectivity index (χ0n) is 12.3. The average molecular weight is 330 g/mol. The molecule has 1 aromatic carbocycles. The fourth-order valence-electron chi connectivity index (χ4n) is 2.84. The summed E-state index contributed by atoms with van der Waals surface area (Å²) in [6.45, 7) is 4.66. The number of amides is 1. The molecule has 0 aliphatic carbocycles. The van der Waals surface area contributed by atoms with E-state index in [0.29, 0.717) is 40.0 Å². The number of halogens is 2. The molecule has 1 amide bonds. The lowest BCUT2D eigenvalue weighted by Gasteiger charge is -2.38. The molecule has 1 heterocycles. The third kappa shape index (κ3) is 4.02. The van der Waals surface area contributed by atoms with Crippen LogP contribution < -0.4 is 11.1 Å². The van der Waals surface area contributed by atoms with Crippen LogP contribution in [0.15, 0.2) is 12.1 Å². The van der Waals surface area contributed by atoms with Gasteiger partial charge < -0.3 is 11.1 Å². The first-order valence-electron chi connectivity index (χ1n) is 7.18. The Labute approximate surface area is 135 Å². The zero-order valence-corrected chi connectivity index (χ0v) is 13.8. The number of nitrogens with one attached hydrogen (secondary N) is 1. The van der Waals surface area contributed by atoms with Crippen LogP contribution in [-0.2, 0) is 4.79 Å². The third-order valence-corrected chi connectivity index (χ3v) is 4.63. The van der Waals surface area contributed by atoms with Crippen LogP contribution in [0.2, 0.25) is 10.0 Å². The molecule has 1 fully saturated rings. The van der Waals surface area contributed by atoms with E-state index in [1.54, 1.807) is 12.1 Å². The summed E-state index contributed by atoms with van der Waals surface area (Å²) < 4.78 is 0. The summed E-state index contributed by atoms with van der Waals surface area (Å²) in [5.74, 6) is -0.107. The van der Waals surface area contributed by atoms with E-state index in [-0.39, 0.29) is 5.91 Å². The van der Waals surface area contributed by atoms with Gasteiger partial charge in [-0.05, 0) is 38.8 Å². The standard InChI is InChI=1S/C15H21Cl2N3O/c1-9-4-3-5-10(2)20(9)8-14(21)19-15-12(16)6-11(18)7-13(15)17/h6-7,9-10H,3-5,8,18H2,1-2H3,(H,19,21)/t9-,10+. The summed E-state index contributed by atoms with van der Waals surface area (Å²) in [7, 11) is 0. The molecule has 6 heteroatoms. The van der Waals surface area contributed by atoms with Crippen LogP contribution in [0.3, 0.4) is 0 Å². The largest absolute Gasteiger partial charge is 0.399 e. The van der Waals surface area contributed by atoms with Gasteiger partial charge in [-0.25, -0.2) is 0 Å². The van der Waals surface area contributed by atoms with E-state index in [1.165, 1.54) is 6.42 Å². The number of hydrogen-bond acceptors (Lipinski definition) is 3. The van der Waals surface area contributed by atoms with Gasteiger partial charge in [0, 0.05) is 17.8 Å². The molecule has 1 aliphatic heterocycles. The van der Waals surface area contributed by atoms with Crippen molar-refractivity contribution in [1.82, 2.24) is 4.90 Å². The van der Waals surface area contributed by atoms with Crippen LogP contribution >= 0.6 is 23.2 Å². The smallest absolute Gasteiger partial charge is 0.238 e. The topological polar surface area (TPSA) is 58.4 Å². The van der Waals surface area contributed by atoms with Crippen molar-refractivity contribution in [3.63, 3.8) is 0 Å². The Morgan fingerprint density at radius 3 is 2.33 bits per heavy atom. The molecular formula is C15H21Cl2N3O. The van der Waals surface area contributed by atoms with Gasteiger partial charge in [0.2, 0.25) is 5.91 Å². The van der Waals surface area contributed by atoms with Gasteiger partial charge in [-0.15, -0.1) is 0 Å². The van der Waals surface area contributed by atoms with E-state index in [9.17, 15) is 4.79 Å². The SMILES string of the molecule is C[C@@H]1CCC[C@H](C)N1CC(=O)Nc1c(Cl)cc(N)cc1Cl. The van der Waals surface area contributed by atoms with Gasteiger partial charge >= 0.3 is 0 Å². The predicted octanol–water partition coefficient (Wildman–Crippen LogP) is 3.78. The van der Waals surface area contributed by atoms with Crippen molar-refractivity contribution in [3.05, 3.63) is 22.2 Å². The molecule has 1 aromatic rings. The molecule has 3 N–H and O–H groups in total. The van der Waals surface area contributed by atoms with Gasteiger partial charge in [0.05, 0.1) is 22.3 Å². The molecular weight excluding hydrogens is 309 g/mol. The molecule has 2 rings (SSSR count). The number of rotatable bonds is 3. The number of anilines is 2. The number of piperidine rings is 1. The van der Waals surface area contributed by atoms with Crippen LogP contribution in [0.4, 0.5) is 11.4 Å². The van der Waals surface area contributed by atoms with E-state index in [4.69, 9.17) is 28.9 Å². The van der Waals surface area contributed by atoms with Crippen LogP contribution in [0.1, 0.15) is 33.1 Å².